The van der Waals surface area contributed by atoms with Crippen molar-refractivity contribution in [1.82, 2.24) is 0 Å². The van der Waals surface area contributed by atoms with Crippen LogP contribution in [0.25, 0.3) is 0 Å². The molecule has 0 aromatic heterocycles. The molecule has 0 amide bonds. The molecule has 0 atom stereocenters. The van der Waals surface area contributed by atoms with E-state index in [1.807, 2.05) is 0 Å². The first-order valence-electron chi connectivity index (χ1n) is 3.06. The van der Waals surface area contributed by atoms with E-state index in [9.17, 15) is 4.79 Å². The summed E-state index contributed by atoms with van der Waals surface area (Å²) in [7, 11) is 1.52. The van der Waals surface area contributed by atoms with Crippen molar-refractivity contribution in [3.63, 3.8) is 0 Å². The third-order valence-electron chi connectivity index (χ3n) is 0.881. The molecule has 0 aliphatic rings. The average molecular weight is 148 g/mol. The second-order valence-corrected chi connectivity index (χ2v) is 1.81. The van der Waals surface area contributed by atoms with Gasteiger partial charge in [0.25, 0.3) is 0 Å². The van der Waals surface area contributed by atoms with Gasteiger partial charge >= 0.3 is 5.97 Å². The van der Waals surface area contributed by atoms with Gasteiger partial charge in [-0.05, 0) is 6.42 Å². The minimum absolute atomic E-state index is 0.156. The van der Waals surface area contributed by atoms with Gasteiger partial charge in [0.1, 0.15) is 6.79 Å². The second kappa shape index (κ2) is 6.51. The highest BCUT2D eigenvalue weighted by Crippen LogP contribution is 1.89. The molecular formula is C6H12O4. The van der Waals surface area contributed by atoms with Crippen molar-refractivity contribution in [1.29, 1.82) is 0 Å². The summed E-state index contributed by atoms with van der Waals surface area (Å²) in [6, 6.07) is 0. The zero-order chi connectivity index (χ0) is 7.82. The monoisotopic (exact) mass is 148 g/mol. The molecule has 0 fully saturated rings. The highest BCUT2D eigenvalue weighted by atomic mass is 16.7. The number of hydrogen-bond acceptors (Lipinski definition) is 3. The Hall–Kier alpha value is -0.610. The molecule has 0 aliphatic heterocycles. The summed E-state index contributed by atoms with van der Waals surface area (Å²) < 4.78 is 9.43. The average Bonchev–Trinajstić information content (AvgIpc) is 1.87. The third-order valence-corrected chi connectivity index (χ3v) is 0.881. The number of rotatable bonds is 6. The van der Waals surface area contributed by atoms with Gasteiger partial charge in [0.15, 0.2) is 0 Å². The standard InChI is InChI=1S/C6H12O4/c1-9-5-10-4-2-3-6(7)8/h2-5H2,1H3,(H,7,8). The zero-order valence-electron chi connectivity index (χ0n) is 6.00. The summed E-state index contributed by atoms with van der Waals surface area (Å²) in [4.78, 5) is 9.95. The molecule has 0 rings (SSSR count). The molecule has 4 nitrogen and oxygen atoms in total. The summed E-state index contributed by atoms with van der Waals surface area (Å²) in [6.07, 6.45) is 0.697. The van der Waals surface area contributed by atoms with Gasteiger partial charge in [-0.15, -0.1) is 0 Å². The lowest BCUT2D eigenvalue weighted by Crippen LogP contribution is -2.01. The van der Waals surface area contributed by atoms with E-state index in [0.717, 1.165) is 0 Å². The van der Waals surface area contributed by atoms with Crippen LogP contribution in [0.2, 0.25) is 0 Å². The van der Waals surface area contributed by atoms with Crippen LogP contribution >= 0.6 is 0 Å². The first kappa shape index (κ1) is 9.39. The minimum Gasteiger partial charge on any atom is -0.481 e. The van der Waals surface area contributed by atoms with Crippen LogP contribution < -0.4 is 0 Å². The van der Waals surface area contributed by atoms with E-state index in [0.29, 0.717) is 13.0 Å². The minimum atomic E-state index is -0.791. The Balaban J connectivity index is 2.84. The summed E-state index contributed by atoms with van der Waals surface area (Å²) in [5.74, 6) is -0.791. The van der Waals surface area contributed by atoms with Crippen LogP contribution in [0.5, 0.6) is 0 Å². The summed E-state index contributed by atoms with van der Waals surface area (Å²) in [5, 5.41) is 8.18. The largest absolute Gasteiger partial charge is 0.481 e. The Labute approximate surface area is 59.7 Å². The highest BCUT2D eigenvalue weighted by Gasteiger charge is 1.94. The molecule has 0 bridgehead atoms. The van der Waals surface area contributed by atoms with E-state index in [-0.39, 0.29) is 13.2 Å². The maximum absolute atomic E-state index is 9.95. The van der Waals surface area contributed by atoms with Crippen LogP contribution in [0.4, 0.5) is 0 Å². The predicted molar refractivity (Wildman–Crippen MR) is 34.7 cm³/mol. The number of carboxylic acid groups (broad SMARTS) is 1. The topological polar surface area (TPSA) is 55.8 Å². The van der Waals surface area contributed by atoms with E-state index in [4.69, 9.17) is 9.84 Å². The van der Waals surface area contributed by atoms with Crippen LogP contribution in [0, 0.1) is 0 Å². The van der Waals surface area contributed by atoms with E-state index in [2.05, 4.69) is 4.74 Å². The first-order chi connectivity index (χ1) is 4.77. The summed E-state index contributed by atoms with van der Waals surface area (Å²) in [5.41, 5.74) is 0. The number of methoxy groups -OCH3 is 1. The lowest BCUT2D eigenvalue weighted by atomic mass is 10.3. The highest BCUT2D eigenvalue weighted by molar-refractivity contribution is 5.66. The molecule has 0 aliphatic carbocycles. The van der Waals surface area contributed by atoms with Gasteiger partial charge in [-0.25, -0.2) is 0 Å². The van der Waals surface area contributed by atoms with Crippen molar-refractivity contribution in [2.24, 2.45) is 0 Å². The number of aliphatic carboxylic acids is 1. The van der Waals surface area contributed by atoms with E-state index in [1.54, 1.807) is 0 Å². The summed E-state index contributed by atoms with van der Waals surface area (Å²) in [6.45, 7) is 0.680. The maximum atomic E-state index is 9.95. The SMILES string of the molecule is COCOCCCC(=O)O. The lowest BCUT2D eigenvalue weighted by molar-refractivity contribution is -0.137. The normalized spacial score (nSPS) is 9.70. The van der Waals surface area contributed by atoms with E-state index >= 15 is 0 Å². The molecule has 0 saturated carbocycles. The van der Waals surface area contributed by atoms with Crippen LogP contribution in [0.1, 0.15) is 12.8 Å². The molecule has 10 heavy (non-hydrogen) atoms. The van der Waals surface area contributed by atoms with Crippen LogP contribution in [-0.4, -0.2) is 31.6 Å². The molecule has 0 saturated heterocycles. The second-order valence-electron chi connectivity index (χ2n) is 1.81. The summed E-state index contributed by atoms with van der Waals surface area (Å²) >= 11 is 0. The molecule has 0 aromatic rings. The number of carbonyl (C=O) groups is 1. The molecule has 0 spiro atoms. The van der Waals surface area contributed by atoms with E-state index in [1.165, 1.54) is 7.11 Å². The van der Waals surface area contributed by atoms with Gasteiger partial charge in [0.05, 0.1) is 0 Å². The molecule has 60 valence electrons. The molecular weight excluding hydrogens is 136 g/mol. The smallest absolute Gasteiger partial charge is 0.303 e. The number of carboxylic acids is 1. The van der Waals surface area contributed by atoms with Gasteiger partial charge in [-0.2, -0.15) is 0 Å². The lowest BCUT2D eigenvalue weighted by Gasteiger charge is -1.99. The Morgan fingerprint density at radius 3 is 2.80 bits per heavy atom. The van der Waals surface area contributed by atoms with Gasteiger partial charge in [0, 0.05) is 20.1 Å². The van der Waals surface area contributed by atoms with Gasteiger partial charge in [-0.1, -0.05) is 0 Å². The van der Waals surface area contributed by atoms with Gasteiger partial charge in [-0.3, -0.25) is 4.79 Å². The van der Waals surface area contributed by atoms with E-state index < -0.39 is 5.97 Å². The number of hydrogen-bond donors (Lipinski definition) is 1. The zero-order valence-corrected chi connectivity index (χ0v) is 6.00. The van der Waals surface area contributed by atoms with Crippen molar-refractivity contribution >= 4 is 5.97 Å². The van der Waals surface area contributed by atoms with Crippen molar-refractivity contribution in [3.8, 4) is 0 Å². The fraction of sp³-hybridized carbons (Fsp3) is 0.833. The number of ether oxygens (including phenoxy) is 2. The Morgan fingerprint density at radius 1 is 1.60 bits per heavy atom. The molecule has 0 aromatic carbocycles. The van der Waals surface area contributed by atoms with Crippen LogP contribution in [0.15, 0.2) is 0 Å². The van der Waals surface area contributed by atoms with Crippen LogP contribution in [-0.2, 0) is 14.3 Å². The van der Waals surface area contributed by atoms with Crippen molar-refractivity contribution < 1.29 is 19.4 Å². The molecule has 1 N–H and O–H groups in total. The molecule has 0 unspecified atom stereocenters. The van der Waals surface area contributed by atoms with Crippen molar-refractivity contribution in [3.05, 3.63) is 0 Å². The first-order valence-corrected chi connectivity index (χ1v) is 3.06. The van der Waals surface area contributed by atoms with Gasteiger partial charge in [0.2, 0.25) is 0 Å². The van der Waals surface area contributed by atoms with Crippen molar-refractivity contribution in [2.75, 3.05) is 20.5 Å². The fourth-order valence-corrected chi connectivity index (χ4v) is 0.468. The predicted octanol–water partition coefficient (Wildman–Crippen LogP) is 0.472. The molecule has 0 radical (unpaired) electrons. The maximum Gasteiger partial charge on any atom is 0.303 e. The Bertz CT molecular complexity index is 91.7. The Kier molecular flexibility index (Phi) is 6.11. The molecule has 0 heterocycles. The third kappa shape index (κ3) is 7.39. The fourth-order valence-electron chi connectivity index (χ4n) is 0.468. The van der Waals surface area contributed by atoms with Crippen LogP contribution in [0.3, 0.4) is 0 Å². The Morgan fingerprint density at radius 2 is 2.30 bits per heavy atom. The van der Waals surface area contributed by atoms with Gasteiger partial charge < -0.3 is 14.6 Å². The molecule has 4 heteroatoms. The van der Waals surface area contributed by atoms with Crippen molar-refractivity contribution in [2.45, 2.75) is 12.8 Å². The quantitative estimate of drug-likeness (QED) is 0.439.